The van der Waals surface area contributed by atoms with Crippen LogP contribution in [0.5, 0.6) is 0 Å². The van der Waals surface area contributed by atoms with Gasteiger partial charge in [-0.1, -0.05) is 24.3 Å². The van der Waals surface area contributed by atoms with Gasteiger partial charge in [-0.3, -0.25) is 4.98 Å². The summed E-state index contributed by atoms with van der Waals surface area (Å²) in [7, 11) is 0. The topological polar surface area (TPSA) is 28.2 Å². The second kappa shape index (κ2) is 5.19. The van der Waals surface area contributed by atoms with E-state index in [0.717, 1.165) is 26.2 Å². The van der Waals surface area contributed by atoms with E-state index < -0.39 is 0 Å². The van der Waals surface area contributed by atoms with Crippen LogP contribution in [0.1, 0.15) is 11.1 Å². The number of aromatic nitrogens is 1. The van der Waals surface area contributed by atoms with Crippen molar-refractivity contribution in [2.24, 2.45) is 0 Å². The molecule has 3 rings (SSSR count). The minimum atomic E-state index is 0.923. The molecule has 1 aromatic heterocycles. The first-order chi connectivity index (χ1) is 8.93. The lowest BCUT2D eigenvalue weighted by molar-refractivity contribution is 0.688. The highest BCUT2D eigenvalue weighted by Crippen LogP contribution is 2.23. The maximum Gasteiger partial charge on any atom is 0.0445 e. The highest BCUT2D eigenvalue weighted by atomic mass is 15.2. The molecule has 1 N–H and O–H groups in total. The molecule has 0 saturated heterocycles. The Kier molecular flexibility index (Phi) is 3.24. The summed E-state index contributed by atoms with van der Waals surface area (Å²) in [4.78, 5) is 6.61. The van der Waals surface area contributed by atoms with Crippen molar-refractivity contribution in [1.82, 2.24) is 10.3 Å². The SMILES string of the molecule is c1cncc(CN2CCNCc3ccccc32)c1. The number of pyridine rings is 1. The van der Waals surface area contributed by atoms with Gasteiger partial charge in [0.2, 0.25) is 0 Å². The zero-order chi connectivity index (χ0) is 12.2. The highest BCUT2D eigenvalue weighted by Gasteiger charge is 2.14. The van der Waals surface area contributed by atoms with Crippen molar-refractivity contribution < 1.29 is 0 Å². The molecule has 0 amide bonds. The predicted octanol–water partition coefficient (Wildman–Crippen LogP) is 2.19. The van der Waals surface area contributed by atoms with Gasteiger partial charge < -0.3 is 10.2 Å². The average Bonchev–Trinajstić information content (AvgIpc) is 2.63. The van der Waals surface area contributed by atoms with Crippen molar-refractivity contribution in [3.8, 4) is 0 Å². The Hall–Kier alpha value is -1.87. The molecular formula is C15H17N3. The Balaban J connectivity index is 1.88. The van der Waals surface area contributed by atoms with Crippen LogP contribution < -0.4 is 10.2 Å². The van der Waals surface area contributed by atoms with Crippen molar-refractivity contribution in [3.63, 3.8) is 0 Å². The number of anilines is 1. The van der Waals surface area contributed by atoms with Gasteiger partial charge in [0.15, 0.2) is 0 Å². The van der Waals surface area contributed by atoms with E-state index in [4.69, 9.17) is 0 Å². The number of rotatable bonds is 2. The minimum Gasteiger partial charge on any atom is -0.366 e. The highest BCUT2D eigenvalue weighted by molar-refractivity contribution is 5.54. The molecule has 18 heavy (non-hydrogen) atoms. The van der Waals surface area contributed by atoms with Gasteiger partial charge in [0, 0.05) is 44.3 Å². The van der Waals surface area contributed by atoms with Crippen LogP contribution in [0.25, 0.3) is 0 Å². The van der Waals surface area contributed by atoms with Gasteiger partial charge in [0.25, 0.3) is 0 Å². The van der Waals surface area contributed by atoms with Crippen molar-refractivity contribution in [1.29, 1.82) is 0 Å². The Morgan fingerprint density at radius 3 is 3.00 bits per heavy atom. The monoisotopic (exact) mass is 239 g/mol. The summed E-state index contributed by atoms with van der Waals surface area (Å²) in [5, 5.41) is 3.46. The van der Waals surface area contributed by atoms with E-state index in [1.54, 1.807) is 0 Å². The van der Waals surface area contributed by atoms with Gasteiger partial charge in [-0.05, 0) is 23.3 Å². The number of nitrogens with one attached hydrogen (secondary N) is 1. The zero-order valence-electron chi connectivity index (χ0n) is 10.3. The lowest BCUT2D eigenvalue weighted by Gasteiger charge is -2.24. The smallest absolute Gasteiger partial charge is 0.0445 e. The number of para-hydroxylation sites is 1. The lowest BCUT2D eigenvalue weighted by Crippen LogP contribution is -2.28. The molecule has 2 heterocycles. The summed E-state index contributed by atoms with van der Waals surface area (Å²) in [5.41, 5.74) is 3.97. The van der Waals surface area contributed by atoms with E-state index >= 15 is 0 Å². The van der Waals surface area contributed by atoms with E-state index in [0.29, 0.717) is 0 Å². The summed E-state index contributed by atoms with van der Waals surface area (Å²) in [6.07, 6.45) is 3.77. The van der Waals surface area contributed by atoms with E-state index in [9.17, 15) is 0 Å². The molecule has 2 aromatic rings. The molecule has 0 fully saturated rings. The van der Waals surface area contributed by atoms with Crippen LogP contribution in [-0.4, -0.2) is 18.1 Å². The standard InChI is InChI=1S/C15H17N3/c1-2-6-15-14(5-1)11-17-8-9-18(15)12-13-4-3-7-16-10-13/h1-7,10,17H,8-9,11-12H2. The molecule has 3 nitrogen and oxygen atoms in total. The van der Waals surface area contributed by atoms with Crippen molar-refractivity contribution in [3.05, 3.63) is 59.9 Å². The Morgan fingerprint density at radius 1 is 1.17 bits per heavy atom. The summed E-state index contributed by atoms with van der Waals surface area (Å²) in [6.45, 7) is 3.94. The minimum absolute atomic E-state index is 0.923. The molecule has 0 spiro atoms. The summed E-state index contributed by atoms with van der Waals surface area (Å²) in [6, 6.07) is 12.8. The molecule has 0 saturated carbocycles. The van der Waals surface area contributed by atoms with Crippen LogP contribution >= 0.6 is 0 Å². The third-order valence-corrected chi connectivity index (χ3v) is 3.30. The van der Waals surface area contributed by atoms with Crippen LogP contribution in [0.3, 0.4) is 0 Å². The summed E-state index contributed by atoms with van der Waals surface area (Å²) >= 11 is 0. The second-order valence-electron chi connectivity index (χ2n) is 4.59. The normalized spacial score (nSPS) is 15.0. The molecule has 0 radical (unpaired) electrons. The molecule has 0 bridgehead atoms. The van der Waals surface area contributed by atoms with E-state index in [2.05, 4.69) is 45.5 Å². The average molecular weight is 239 g/mol. The number of nitrogens with zero attached hydrogens (tertiary/aromatic N) is 2. The number of benzene rings is 1. The molecule has 1 aliphatic rings. The number of hydrogen-bond acceptors (Lipinski definition) is 3. The molecule has 0 aliphatic carbocycles. The maximum absolute atomic E-state index is 4.19. The number of fused-ring (bicyclic) bond motifs is 1. The summed E-state index contributed by atoms with van der Waals surface area (Å²) < 4.78 is 0. The van der Waals surface area contributed by atoms with E-state index in [-0.39, 0.29) is 0 Å². The Morgan fingerprint density at radius 2 is 2.11 bits per heavy atom. The van der Waals surface area contributed by atoms with Gasteiger partial charge in [-0.25, -0.2) is 0 Å². The van der Waals surface area contributed by atoms with Crippen LogP contribution in [0.4, 0.5) is 5.69 Å². The molecule has 3 heteroatoms. The third-order valence-electron chi connectivity index (χ3n) is 3.30. The molecule has 92 valence electrons. The predicted molar refractivity (Wildman–Crippen MR) is 73.4 cm³/mol. The van der Waals surface area contributed by atoms with E-state index in [1.165, 1.54) is 16.8 Å². The first-order valence-electron chi connectivity index (χ1n) is 6.36. The molecular weight excluding hydrogens is 222 g/mol. The van der Waals surface area contributed by atoms with Gasteiger partial charge in [0.1, 0.15) is 0 Å². The van der Waals surface area contributed by atoms with Crippen molar-refractivity contribution in [2.75, 3.05) is 18.0 Å². The molecule has 1 aliphatic heterocycles. The largest absolute Gasteiger partial charge is 0.366 e. The van der Waals surface area contributed by atoms with Gasteiger partial charge in [-0.2, -0.15) is 0 Å². The van der Waals surface area contributed by atoms with Crippen LogP contribution in [0.15, 0.2) is 48.8 Å². The zero-order valence-corrected chi connectivity index (χ0v) is 10.3. The van der Waals surface area contributed by atoms with Gasteiger partial charge >= 0.3 is 0 Å². The van der Waals surface area contributed by atoms with Gasteiger partial charge in [-0.15, -0.1) is 0 Å². The van der Waals surface area contributed by atoms with Gasteiger partial charge in [0.05, 0.1) is 0 Å². The first kappa shape index (κ1) is 11.2. The fourth-order valence-corrected chi connectivity index (χ4v) is 2.40. The summed E-state index contributed by atoms with van der Waals surface area (Å²) in [5.74, 6) is 0. The Bertz CT molecular complexity index is 510. The fourth-order valence-electron chi connectivity index (χ4n) is 2.40. The van der Waals surface area contributed by atoms with Crippen molar-refractivity contribution in [2.45, 2.75) is 13.1 Å². The van der Waals surface area contributed by atoms with E-state index in [1.807, 2.05) is 18.5 Å². The van der Waals surface area contributed by atoms with Crippen LogP contribution in [0, 0.1) is 0 Å². The third kappa shape index (κ3) is 2.36. The molecule has 1 aromatic carbocycles. The lowest BCUT2D eigenvalue weighted by atomic mass is 10.1. The first-order valence-corrected chi connectivity index (χ1v) is 6.36. The molecule has 0 unspecified atom stereocenters. The number of hydrogen-bond donors (Lipinski definition) is 1. The Labute approximate surface area is 107 Å². The van der Waals surface area contributed by atoms with Crippen molar-refractivity contribution >= 4 is 5.69 Å². The fraction of sp³-hybridized carbons (Fsp3) is 0.267. The van der Waals surface area contributed by atoms with Crippen LogP contribution in [0.2, 0.25) is 0 Å². The molecule has 0 atom stereocenters. The maximum atomic E-state index is 4.19. The quantitative estimate of drug-likeness (QED) is 0.870. The van der Waals surface area contributed by atoms with Crippen LogP contribution in [-0.2, 0) is 13.1 Å². The second-order valence-corrected chi connectivity index (χ2v) is 4.59.